The zero-order valence-corrected chi connectivity index (χ0v) is 22.3. The van der Waals surface area contributed by atoms with Crippen LogP contribution >= 0.6 is 0 Å². The molecule has 0 fully saturated rings. The summed E-state index contributed by atoms with van der Waals surface area (Å²) in [6.45, 7) is 9.76. The van der Waals surface area contributed by atoms with Gasteiger partial charge in [-0.2, -0.15) is 0 Å². The smallest absolute Gasteiger partial charge is 0.297 e. The molecule has 0 radical (unpaired) electrons. The highest BCUT2D eigenvalue weighted by Crippen LogP contribution is 2.35. The third-order valence-electron chi connectivity index (χ3n) is 6.02. The molecule has 0 saturated carbocycles. The summed E-state index contributed by atoms with van der Waals surface area (Å²) in [6.07, 6.45) is 8.34. The van der Waals surface area contributed by atoms with Gasteiger partial charge in [0.25, 0.3) is 5.56 Å². The van der Waals surface area contributed by atoms with Crippen molar-refractivity contribution in [1.82, 2.24) is 4.57 Å². The molecule has 5 nitrogen and oxygen atoms in total. The molecule has 1 aromatic heterocycles. The summed E-state index contributed by atoms with van der Waals surface area (Å²) in [5.41, 5.74) is 4.08. The van der Waals surface area contributed by atoms with Crippen LogP contribution in [0.4, 0.5) is 0 Å². The molecule has 2 aromatic carbocycles. The van der Waals surface area contributed by atoms with Crippen LogP contribution < -0.4 is 19.8 Å². The molecule has 1 heterocycles. The number of hydrogen-bond acceptors (Lipinski definition) is 4. The zero-order valence-electron chi connectivity index (χ0n) is 22.3. The van der Waals surface area contributed by atoms with Gasteiger partial charge in [0.2, 0.25) is 5.75 Å². The largest absolute Gasteiger partial charge is 0.494 e. The number of pyridine rings is 1. The number of fused-ring (bicyclic) bond motifs is 1. The minimum Gasteiger partial charge on any atom is -0.494 e. The van der Waals surface area contributed by atoms with E-state index in [-0.39, 0.29) is 17.9 Å². The van der Waals surface area contributed by atoms with Crippen LogP contribution in [-0.2, 0) is 13.7 Å². The zero-order chi connectivity index (χ0) is 25.9. The number of allylic oxidation sites excluding steroid dienone is 3. The molecule has 192 valence electrons. The van der Waals surface area contributed by atoms with Crippen LogP contribution in [0.2, 0.25) is 0 Å². The van der Waals surface area contributed by atoms with Crippen molar-refractivity contribution in [1.29, 1.82) is 0 Å². The molecule has 0 aliphatic heterocycles. The van der Waals surface area contributed by atoms with E-state index in [0.717, 1.165) is 47.9 Å². The molecular weight excluding hydrogens is 450 g/mol. The van der Waals surface area contributed by atoms with E-state index in [1.54, 1.807) is 11.6 Å². The lowest BCUT2D eigenvalue weighted by molar-refractivity contribution is 0.271. The predicted octanol–water partition coefficient (Wildman–Crippen LogP) is 7.37. The topological polar surface area (TPSA) is 49.7 Å². The van der Waals surface area contributed by atoms with Gasteiger partial charge < -0.3 is 18.8 Å². The highest BCUT2D eigenvalue weighted by molar-refractivity contribution is 5.89. The van der Waals surface area contributed by atoms with E-state index in [2.05, 4.69) is 39.8 Å². The predicted molar refractivity (Wildman–Crippen MR) is 148 cm³/mol. The van der Waals surface area contributed by atoms with Crippen molar-refractivity contribution in [2.75, 3.05) is 13.2 Å². The molecule has 0 amide bonds. The lowest BCUT2D eigenvalue weighted by atomic mass is 10.1. The van der Waals surface area contributed by atoms with Crippen molar-refractivity contribution < 1.29 is 14.2 Å². The Balaban J connectivity index is 1.93. The Morgan fingerprint density at radius 1 is 0.944 bits per heavy atom. The molecule has 0 aliphatic carbocycles. The first-order valence-corrected chi connectivity index (χ1v) is 12.8. The number of ether oxygens (including phenoxy) is 3. The standard InChI is InChI=1S/C31H39NO4/c1-6-7-19-34-26-16-17-27-28(21-26)32(5)31(33)30(36-22-25-14-9-8-10-15-25)29(27)35-20-18-24(4)13-11-12-23(2)3/h8-10,12,14-18,21H,6-7,11,13,19-20,22H2,1-5H3/b24-18+. The van der Waals surface area contributed by atoms with Gasteiger partial charge in [-0.05, 0) is 63.8 Å². The minimum absolute atomic E-state index is 0.226. The second kappa shape index (κ2) is 13.6. The second-order valence-electron chi connectivity index (χ2n) is 9.36. The van der Waals surface area contributed by atoms with Gasteiger partial charge in [0, 0.05) is 18.5 Å². The molecular formula is C31H39NO4. The van der Waals surface area contributed by atoms with E-state index in [1.807, 2.05) is 48.5 Å². The van der Waals surface area contributed by atoms with Gasteiger partial charge in [0.15, 0.2) is 5.75 Å². The van der Waals surface area contributed by atoms with Crippen LogP contribution in [-0.4, -0.2) is 17.8 Å². The highest BCUT2D eigenvalue weighted by atomic mass is 16.5. The maximum atomic E-state index is 13.4. The first kappa shape index (κ1) is 27.1. The number of nitrogens with zero attached hydrogens (tertiary/aromatic N) is 1. The van der Waals surface area contributed by atoms with Crippen LogP contribution in [0, 0.1) is 0 Å². The quantitative estimate of drug-likeness (QED) is 0.186. The van der Waals surface area contributed by atoms with Gasteiger partial charge >= 0.3 is 0 Å². The molecule has 0 atom stereocenters. The minimum atomic E-state index is -0.233. The van der Waals surface area contributed by atoms with Crippen molar-refractivity contribution in [2.24, 2.45) is 7.05 Å². The van der Waals surface area contributed by atoms with Crippen molar-refractivity contribution in [3.63, 3.8) is 0 Å². The number of unbranched alkanes of at least 4 members (excludes halogenated alkanes) is 1. The molecule has 3 rings (SSSR count). The summed E-state index contributed by atoms with van der Waals surface area (Å²) in [5, 5.41) is 0.818. The third kappa shape index (κ3) is 7.51. The van der Waals surface area contributed by atoms with Gasteiger partial charge in [0.05, 0.1) is 12.1 Å². The number of aryl methyl sites for hydroxylation is 1. The second-order valence-corrected chi connectivity index (χ2v) is 9.36. The Hall–Kier alpha value is -3.47. The van der Waals surface area contributed by atoms with Gasteiger partial charge in [-0.3, -0.25) is 4.79 Å². The van der Waals surface area contributed by atoms with Crippen LogP contribution in [0.5, 0.6) is 17.2 Å². The average Bonchev–Trinajstić information content (AvgIpc) is 2.87. The molecule has 5 heteroatoms. The average molecular weight is 490 g/mol. The van der Waals surface area contributed by atoms with Crippen LogP contribution in [0.25, 0.3) is 10.9 Å². The van der Waals surface area contributed by atoms with Crippen molar-refractivity contribution >= 4 is 10.9 Å². The Morgan fingerprint density at radius 2 is 1.72 bits per heavy atom. The van der Waals surface area contributed by atoms with E-state index in [4.69, 9.17) is 14.2 Å². The molecule has 0 bridgehead atoms. The summed E-state index contributed by atoms with van der Waals surface area (Å²) in [7, 11) is 1.76. The monoisotopic (exact) mass is 489 g/mol. The molecule has 0 spiro atoms. The van der Waals surface area contributed by atoms with E-state index in [1.165, 1.54) is 11.1 Å². The van der Waals surface area contributed by atoms with Crippen LogP contribution in [0.1, 0.15) is 58.9 Å². The highest BCUT2D eigenvalue weighted by Gasteiger charge is 2.19. The normalized spacial score (nSPS) is 11.4. The van der Waals surface area contributed by atoms with Crippen molar-refractivity contribution in [3.8, 4) is 17.2 Å². The summed E-state index contributed by atoms with van der Waals surface area (Å²) in [5.74, 6) is 1.44. The van der Waals surface area contributed by atoms with Gasteiger partial charge in [0.1, 0.15) is 19.0 Å². The maximum absolute atomic E-state index is 13.4. The van der Waals surface area contributed by atoms with Crippen molar-refractivity contribution in [2.45, 2.75) is 60.0 Å². The fourth-order valence-electron chi connectivity index (χ4n) is 3.84. The number of hydrogen-bond donors (Lipinski definition) is 0. The fourth-order valence-corrected chi connectivity index (χ4v) is 3.84. The SMILES string of the molecule is CCCCOc1ccc2c(OC/C=C(\C)CCC=C(C)C)c(OCc3ccccc3)c(=O)n(C)c2c1. The summed E-state index contributed by atoms with van der Waals surface area (Å²) in [6, 6.07) is 15.6. The molecule has 3 aromatic rings. The Kier molecular flexibility index (Phi) is 10.2. The van der Waals surface area contributed by atoms with E-state index >= 15 is 0 Å². The summed E-state index contributed by atoms with van der Waals surface area (Å²) < 4.78 is 19.8. The van der Waals surface area contributed by atoms with E-state index in [0.29, 0.717) is 19.0 Å². The fraction of sp³-hybridized carbons (Fsp3) is 0.387. The van der Waals surface area contributed by atoms with Gasteiger partial charge in [-0.25, -0.2) is 0 Å². The number of benzene rings is 2. The van der Waals surface area contributed by atoms with Crippen LogP contribution in [0.3, 0.4) is 0 Å². The van der Waals surface area contributed by atoms with E-state index in [9.17, 15) is 4.79 Å². The Bertz CT molecular complexity index is 1250. The number of rotatable bonds is 13. The molecule has 0 unspecified atom stereocenters. The van der Waals surface area contributed by atoms with Gasteiger partial charge in [-0.1, -0.05) is 60.9 Å². The maximum Gasteiger partial charge on any atom is 0.297 e. The first-order chi connectivity index (χ1) is 17.4. The lowest BCUT2D eigenvalue weighted by Gasteiger charge is -2.17. The number of aromatic nitrogens is 1. The molecule has 36 heavy (non-hydrogen) atoms. The molecule has 0 aliphatic rings. The Morgan fingerprint density at radius 3 is 2.44 bits per heavy atom. The summed E-state index contributed by atoms with van der Waals surface area (Å²) >= 11 is 0. The van der Waals surface area contributed by atoms with E-state index < -0.39 is 0 Å². The Labute approximate surface area is 215 Å². The summed E-state index contributed by atoms with van der Waals surface area (Å²) in [4.78, 5) is 13.4. The van der Waals surface area contributed by atoms with Crippen molar-refractivity contribution in [3.05, 3.63) is 87.7 Å². The first-order valence-electron chi connectivity index (χ1n) is 12.8. The van der Waals surface area contributed by atoms with Crippen LogP contribution in [0.15, 0.2) is 76.6 Å². The lowest BCUT2D eigenvalue weighted by Crippen LogP contribution is -2.21. The third-order valence-corrected chi connectivity index (χ3v) is 6.02. The van der Waals surface area contributed by atoms with Gasteiger partial charge in [-0.15, -0.1) is 0 Å². The molecule has 0 N–H and O–H groups in total. The molecule has 0 saturated heterocycles.